The Kier molecular flexibility index (Phi) is 3.87. The third-order valence-electron chi connectivity index (χ3n) is 4.03. The Bertz CT molecular complexity index is 329. The van der Waals surface area contributed by atoms with Crippen LogP contribution in [0.5, 0.6) is 0 Å². The largest absolute Gasteiger partial charge is 0.330 e. The molecule has 0 aromatic rings. The summed E-state index contributed by atoms with van der Waals surface area (Å²) >= 11 is 0. The SMILES string of the molecule is NCC1CCCC1NCC1CCCS1(=O)=O. The number of nitrogens with two attached hydrogens (primary N) is 1. The molecule has 5 heteroatoms. The maximum Gasteiger partial charge on any atom is 0.154 e. The minimum absolute atomic E-state index is 0.147. The lowest BCUT2D eigenvalue weighted by Crippen LogP contribution is -2.41. The van der Waals surface area contributed by atoms with Gasteiger partial charge in [0.25, 0.3) is 0 Å². The van der Waals surface area contributed by atoms with E-state index in [-0.39, 0.29) is 5.25 Å². The predicted molar refractivity (Wildman–Crippen MR) is 65.0 cm³/mol. The van der Waals surface area contributed by atoms with Gasteiger partial charge in [0.1, 0.15) is 0 Å². The van der Waals surface area contributed by atoms with Crippen molar-refractivity contribution in [2.75, 3.05) is 18.8 Å². The smallest absolute Gasteiger partial charge is 0.154 e. The zero-order valence-corrected chi connectivity index (χ0v) is 10.5. The highest BCUT2D eigenvalue weighted by atomic mass is 32.2. The van der Waals surface area contributed by atoms with Crippen LogP contribution in [0.2, 0.25) is 0 Å². The lowest BCUT2D eigenvalue weighted by atomic mass is 10.0. The molecule has 2 rings (SSSR count). The Hall–Kier alpha value is -0.130. The van der Waals surface area contributed by atoms with Gasteiger partial charge in [-0.1, -0.05) is 6.42 Å². The summed E-state index contributed by atoms with van der Waals surface area (Å²) in [6.45, 7) is 1.35. The van der Waals surface area contributed by atoms with Gasteiger partial charge < -0.3 is 11.1 Å². The van der Waals surface area contributed by atoms with Crippen LogP contribution in [0, 0.1) is 5.92 Å². The molecular weight excluding hydrogens is 224 g/mol. The molecule has 1 saturated carbocycles. The Labute approximate surface area is 97.9 Å². The van der Waals surface area contributed by atoms with E-state index in [1.165, 1.54) is 12.8 Å². The number of hydrogen-bond donors (Lipinski definition) is 2. The fourth-order valence-electron chi connectivity index (χ4n) is 2.96. The molecule has 0 aromatic carbocycles. The third-order valence-corrected chi connectivity index (χ3v) is 6.31. The lowest BCUT2D eigenvalue weighted by molar-refractivity contribution is 0.404. The second-order valence-corrected chi connectivity index (χ2v) is 7.47. The first-order chi connectivity index (χ1) is 7.63. The van der Waals surface area contributed by atoms with Crippen molar-refractivity contribution in [3.05, 3.63) is 0 Å². The van der Waals surface area contributed by atoms with Gasteiger partial charge >= 0.3 is 0 Å². The molecule has 1 heterocycles. The van der Waals surface area contributed by atoms with E-state index in [2.05, 4.69) is 5.32 Å². The van der Waals surface area contributed by atoms with E-state index in [4.69, 9.17) is 5.73 Å². The van der Waals surface area contributed by atoms with Crippen molar-refractivity contribution < 1.29 is 8.42 Å². The van der Waals surface area contributed by atoms with Crippen LogP contribution < -0.4 is 11.1 Å². The van der Waals surface area contributed by atoms with Crippen molar-refractivity contribution >= 4 is 9.84 Å². The Morgan fingerprint density at radius 2 is 2.00 bits per heavy atom. The van der Waals surface area contributed by atoms with Gasteiger partial charge in [-0.05, 0) is 38.1 Å². The van der Waals surface area contributed by atoms with Crippen molar-refractivity contribution in [3.8, 4) is 0 Å². The van der Waals surface area contributed by atoms with E-state index < -0.39 is 9.84 Å². The number of sulfone groups is 1. The van der Waals surface area contributed by atoms with E-state index in [0.29, 0.717) is 24.3 Å². The molecule has 1 saturated heterocycles. The van der Waals surface area contributed by atoms with Crippen LogP contribution in [-0.4, -0.2) is 38.6 Å². The summed E-state index contributed by atoms with van der Waals surface area (Å²) in [7, 11) is -2.80. The third kappa shape index (κ3) is 2.57. The molecule has 0 aromatic heterocycles. The van der Waals surface area contributed by atoms with E-state index in [1.54, 1.807) is 0 Å². The summed E-state index contributed by atoms with van der Waals surface area (Å²) in [5, 5.41) is 3.27. The van der Waals surface area contributed by atoms with Gasteiger partial charge in [-0.3, -0.25) is 0 Å². The highest BCUT2D eigenvalue weighted by molar-refractivity contribution is 7.92. The fourth-order valence-corrected chi connectivity index (χ4v) is 4.74. The summed E-state index contributed by atoms with van der Waals surface area (Å²) in [6, 6.07) is 0.445. The minimum atomic E-state index is -2.80. The summed E-state index contributed by atoms with van der Waals surface area (Å²) in [6.07, 6.45) is 5.21. The first-order valence-electron chi connectivity index (χ1n) is 6.28. The lowest BCUT2D eigenvalue weighted by Gasteiger charge is -2.21. The van der Waals surface area contributed by atoms with Crippen LogP contribution in [-0.2, 0) is 9.84 Å². The Morgan fingerprint density at radius 3 is 2.62 bits per heavy atom. The normalized spacial score (nSPS) is 37.9. The average molecular weight is 246 g/mol. The Balaban J connectivity index is 1.83. The van der Waals surface area contributed by atoms with Crippen LogP contribution in [0.15, 0.2) is 0 Å². The molecule has 3 atom stereocenters. The molecule has 2 fully saturated rings. The van der Waals surface area contributed by atoms with Crippen molar-refractivity contribution in [3.63, 3.8) is 0 Å². The van der Waals surface area contributed by atoms with Gasteiger partial charge in [0.05, 0.1) is 11.0 Å². The van der Waals surface area contributed by atoms with Crippen LogP contribution >= 0.6 is 0 Å². The first kappa shape index (κ1) is 12.3. The maximum atomic E-state index is 11.7. The molecule has 1 aliphatic heterocycles. The molecule has 94 valence electrons. The van der Waals surface area contributed by atoms with Crippen molar-refractivity contribution in [2.45, 2.75) is 43.4 Å². The fraction of sp³-hybridized carbons (Fsp3) is 1.00. The highest BCUT2D eigenvalue weighted by Gasteiger charge is 2.33. The van der Waals surface area contributed by atoms with Crippen molar-refractivity contribution in [2.24, 2.45) is 11.7 Å². The van der Waals surface area contributed by atoms with Crippen molar-refractivity contribution in [1.82, 2.24) is 5.32 Å². The number of hydrogen-bond acceptors (Lipinski definition) is 4. The highest BCUT2D eigenvalue weighted by Crippen LogP contribution is 2.25. The zero-order valence-electron chi connectivity index (χ0n) is 9.69. The van der Waals surface area contributed by atoms with Gasteiger partial charge in [0, 0.05) is 12.6 Å². The molecule has 0 spiro atoms. The maximum absolute atomic E-state index is 11.7. The van der Waals surface area contributed by atoms with Crippen LogP contribution in [0.1, 0.15) is 32.1 Å². The molecule has 2 aliphatic rings. The van der Waals surface area contributed by atoms with Crippen LogP contribution in [0.4, 0.5) is 0 Å². The monoisotopic (exact) mass is 246 g/mol. The molecule has 0 radical (unpaired) electrons. The molecular formula is C11H22N2O2S. The molecule has 0 bridgehead atoms. The molecule has 3 unspecified atom stereocenters. The van der Waals surface area contributed by atoms with Crippen molar-refractivity contribution in [1.29, 1.82) is 0 Å². The van der Waals surface area contributed by atoms with Crippen LogP contribution in [0.3, 0.4) is 0 Å². The minimum Gasteiger partial charge on any atom is -0.330 e. The van der Waals surface area contributed by atoms with Gasteiger partial charge in [-0.25, -0.2) is 8.42 Å². The topological polar surface area (TPSA) is 72.2 Å². The molecule has 16 heavy (non-hydrogen) atoms. The second-order valence-electron chi connectivity index (χ2n) is 5.07. The quantitative estimate of drug-likeness (QED) is 0.747. The van der Waals surface area contributed by atoms with E-state index in [9.17, 15) is 8.42 Å². The predicted octanol–water partition coefficient (Wildman–Crippen LogP) is 0.281. The summed E-state index contributed by atoms with van der Waals surface area (Å²) in [4.78, 5) is 0. The number of nitrogens with one attached hydrogen (secondary N) is 1. The van der Waals surface area contributed by atoms with Gasteiger partial charge in [0.15, 0.2) is 9.84 Å². The van der Waals surface area contributed by atoms with E-state index in [0.717, 1.165) is 25.8 Å². The summed E-state index contributed by atoms with van der Waals surface area (Å²) in [5.41, 5.74) is 5.70. The average Bonchev–Trinajstić information content (AvgIpc) is 2.81. The Morgan fingerprint density at radius 1 is 1.19 bits per heavy atom. The van der Waals surface area contributed by atoms with Gasteiger partial charge in [0.2, 0.25) is 0 Å². The zero-order chi connectivity index (χ0) is 11.6. The standard InChI is InChI=1S/C11H22N2O2S/c12-7-9-3-1-5-11(9)13-8-10-4-2-6-16(10,14)15/h9-11,13H,1-8,12H2. The molecule has 3 N–H and O–H groups in total. The molecule has 0 amide bonds. The van der Waals surface area contributed by atoms with Gasteiger partial charge in [-0.2, -0.15) is 0 Å². The second kappa shape index (κ2) is 5.02. The van der Waals surface area contributed by atoms with E-state index >= 15 is 0 Å². The number of rotatable bonds is 4. The summed E-state index contributed by atoms with van der Waals surface area (Å²) in [5.74, 6) is 0.925. The van der Waals surface area contributed by atoms with Gasteiger partial charge in [-0.15, -0.1) is 0 Å². The molecule has 1 aliphatic carbocycles. The van der Waals surface area contributed by atoms with Crippen LogP contribution in [0.25, 0.3) is 0 Å². The first-order valence-corrected chi connectivity index (χ1v) is 8.00. The van der Waals surface area contributed by atoms with E-state index in [1.807, 2.05) is 0 Å². The molecule has 4 nitrogen and oxygen atoms in total. The summed E-state index contributed by atoms with van der Waals surface area (Å²) < 4.78 is 23.3.